The lowest BCUT2D eigenvalue weighted by molar-refractivity contribution is -0.0999. The van der Waals surface area contributed by atoms with Crippen LogP contribution < -0.4 is 5.32 Å². The molecule has 0 unspecified atom stereocenters. The predicted molar refractivity (Wildman–Crippen MR) is 128 cm³/mol. The molecule has 2 N–H and O–H groups in total. The van der Waals surface area contributed by atoms with E-state index in [0.717, 1.165) is 11.6 Å². The molecule has 0 aliphatic heterocycles. The first-order chi connectivity index (χ1) is 17.8. The highest BCUT2D eigenvalue weighted by molar-refractivity contribution is 5.92. The third-order valence-corrected chi connectivity index (χ3v) is 6.39. The monoisotopic (exact) mass is 506 g/mol. The molecule has 186 valence electrons. The van der Waals surface area contributed by atoms with E-state index in [2.05, 4.69) is 25.5 Å². The summed E-state index contributed by atoms with van der Waals surface area (Å²) in [6.45, 7) is 0. The Labute approximate surface area is 207 Å². The summed E-state index contributed by atoms with van der Waals surface area (Å²) in [6, 6.07) is 9.59. The summed E-state index contributed by atoms with van der Waals surface area (Å²) in [7, 11) is 0. The lowest BCUT2D eigenvalue weighted by Gasteiger charge is -2.33. The standard InChI is InChI=1S/C26H18F4N6O/c27-20-6-14(19-9-32-33-10-19)3-4-22(20)34-24-21(28)11-31-23(35-24)15-1-2-16-12-36(13-17(16)5-15)25(37)18-7-26(29,30)8-18/h1-6,9-13,18H,7-8H2,(H,32,33)(H,31,34,35). The minimum atomic E-state index is -2.78. The quantitative estimate of drug-likeness (QED) is 0.277. The SMILES string of the molecule is O=C(C1CC(F)(F)C1)n1cc2ccc(-c3ncc(F)c(Nc4ccc(-c5cn[nH]c5)cc4F)n3)cc2c1. The van der Waals surface area contributed by atoms with E-state index in [1.165, 1.54) is 16.7 Å². The predicted octanol–water partition coefficient (Wildman–Crippen LogP) is 6.20. The number of alkyl halides is 2. The highest BCUT2D eigenvalue weighted by Gasteiger charge is 2.49. The molecule has 3 aromatic heterocycles. The Kier molecular flexibility index (Phi) is 5.28. The molecule has 11 heteroatoms. The van der Waals surface area contributed by atoms with Gasteiger partial charge in [-0.05, 0) is 29.1 Å². The van der Waals surface area contributed by atoms with Crippen molar-refractivity contribution >= 4 is 28.2 Å². The van der Waals surface area contributed by atoms with Gasteiger partial charge in [0.25, 0.3) is 0 Å². The molecule has 0 atom stereocenters. The van der Waals surface area contributed by atoms with E-state index in [1.54, 1.807) is 49.1 Å². The third kappa shape index (κ3) is 4.32. The lowest BCUT2D eigenvalue weighted by atomic mass is 9.81. The molecule has 0 spiro atoms. The van der Waals surface area contributed by atoms with E-state index in [0.29, 0.717) is 22.1 Å². The van der Waals surface area contributed by atoms with Crippen LogP contribution in [-0.4, -0.2) is 36.6 Å². The van der Waals surface area contributed by atoms with Gasteiger partial charge in [0, 0.05) is 47.9 Å². The second-order valence-electron chi connectivity index (χ2n) is 9.01. The second-order valence-corrected chi connectivity index (χ2v) is 9.01. The smallest absolute Gasteiger partial charge is 0.249 e. The fourth-order valence-corrected chi connectivity index (χ4v) is 4.38. The molecular weight excluding hydrogens is 488 g/mol. The minimum Gasteiger partial charge on any atom is -0.335 e. The average molecular weight is 506 g/mol. The van der Waals surface area contributed by atoms with Crippen molar-refractivity contribution in [2.75, 3.05) is 5.32 Å². The van der Waals surface area contributed by atoms with E-state index >= 15 is 0 Å². The summed E-state index contributed by atoms with van der Waals surface area (Å²) in [4.78, 5) is 20.8. The van der Waals surface area contributed by atoms with Crippen molar-refractivity contribution < 1.29 is 22.4 Å². The van der Waals surface area contributed by atoms with Crippen molar-refractivity contribution in [1.82, 2.24) is 24.7 Å². The molecule has 7 nitrogen and oxygen atoms in total. The number of aromatic nitrogens is 5. The van der Waals surface area contributed by atoms with Crippen LogP contribution in [0.4, 0.5) is 29.1 Å². The van der Waals surface area contributed by atoms with E-state index in [4.69, 9.17) is 0 Å². The molecule has 1 aliphatic carbocycles. The Morgan fingerprint density at radius 3 is 2.49 bits per heavy atom. The summed E-state index contributed by atoms with van der Waals surface area (Å²) in [5, 5.41) is 10.6. The third-order valence-electron chi connectivity index (χ3n) is 6.39. The molecule has 5 aromatic rings. The largest absolute Gasteiger partial charge is 0.335 e. The summed E-state index contributed by atoms with van der Waals surface area (Å²) in [5.41, 5.74) is 1.87. The van der Waals surface area contributed by atoms with Crippen molar-refractivity contribution in [3.05, 3.63) is 79.0 Å². The van der Waals surface area contributed by atoms with Crippen LogP contribution in [0.3, 0.4) is 0 Å². The summed E-state index contributed by atoms with van der Waals surface area (Å²) in [5.74, 6) is -5.27. The van der Waals surface area contributed by atoms with Gasteiger partial charge in [0.2, 0.25) is 11.8 Å². The van der Waals surface area contributed by atoms with E-state index in [9.17, 15) is 22.4 Å². The number of nitrogens with zero attached hydrogens (tertiary/aromatic N) is 4. The van der Waals surface area contributed by atoms with Gasteiger partial charge in [0.15, 0.2) is 17.5 Å². The van der Waals surface area contributed by atoms with Gasteiger partial charge >= 0.3 is 0 Å². The van der Waals surface area contributed by atoms with Gasteiger partial charge in [-0.1, -0.05) is 18.2 Å². The van der Waals surface area contributed by atoms with Gasteiger partial charge in [-0.2, -0.15) is 5.10 Å². The van der Waals surface area contributed by atoms with Crippen molar-refractivity contribution in [3.63, 3.8) is 0 Å². The van der Waals surface area contributed by atoms with Crippen LogP contribution in [0.25, 0.3) is 33.3 Å². The van der Waals surface area contributed by atoms with Crippen LogP contribution >= 0.6 is 0 Å². The number of carbonyl (C=O) groups excluding carboxylic acids is 1. The first-order valence-corrected chi connectivity index (χ1v) is 11.4. The van der Waals surface area contributed by atoms with E-state index in [1.807, 2.05) is 0 Å². The van der Waals surface area contributed by atoms with Crippen LogP contribution in [0.5, 0.6) is 0 Å². The van der Waals surface area contributed by atoms with Crippen LogP contribution in [0.1, 0.15) is 17.6 Å². The number of aromatic amines is 1. The maximum absolute atomic E-state index is 14.7. The molecule has 3 heterocycles. The zero-order valence-electron chi connectivity index (χ0n) is 19.1. The normalized spacial score (nSPS) is 15.0. The molecule has 6 rings (SSSR count). The number of anilines is 2. The van der Waals surface area contributed by atoms with Gasteiger partial charge in [0.05, 0.1) is 24.0 Å². The van der Waals surface area contributed by atoms with Crippen LogP contribution in [0, 0.1) is 17.6 Å². The molecule has 1 saturated carbocycles. The molecular formula is C26H18F4N6O. The number of nitrogens with one attached hydrogen (secondary N) is 2. The van der Waals surface area contributed by atoms with Crippen molar-refractivity contribution in [2.45, 2.75) is 18.8 Å². The number of carbonyl (C=O) groups is 1. The molecule has 1 fully saturated rings. The number of hydrogen-bond donors (Lipinski definition) is 2. The number of benzene rings is 2. The highest BCUT2D eigenvalue weighted by Crippen LogP contribution is 2.43. The van der Waals surface area contributed by atoms with Gasteiger partial charge in [-0.3, -0.25) is 14.5 Å². The van der Waals surface area contributed by atoms with Crippen LogP contribution in [0.15, 0.2) is 67.4 Å². The van der Waals surface area contributed by atoms with E-state index < -0.39 is 36.3 Å². The minimum absolute atomic E-state index is 0.0309. The van der Waals surface area contributed by atoms with E-state index in [-0.39, 0.29) is 23.2 Å². The molecule has 2 aromatic carbocycles. The zero-order chi connectivity index (χ0) is 25.7. The first kappa shape index (κ1) is 22.9. The van der Waals surface area contributed by atoms with Crippen LogP contribution in [0.2, 0.25) is 0 Å². The molecule has 37 heavy (non-hydrogen) atoms. The highest BCUT2D eigenvalue weighted by atomic mass is 19.3. The summed E-state index contributed by atoms with van der Waals surface area (Å²) in [6.07, 6.45) is 6.44. The zero-order valence-corrected chi connectivity index (χ0v) is 19.1. The Balaban J connectivity index is 1.26. The topological polar surface area (TPSA) is 88.5 Å². The maximum Gasteiger partial charge on any atom is 0.249 e. The number of H-pyrrole nitrogens is 1. The number of hydrogen-bond acceptors (Lipinski definition) is 5. The van der Waals surface area contributed by atoms with Gasteiger partial charge in [0.1, 0.15) is 5.82 Å². The molecule has 0 saturated heterocycles. The Morgan fingerprint density at radius 2 is 1.76 bits per heavy atom. The fraction of sp³-hybridized carbons (Fsp3) is 0.154. The van der Waals surface area contributed by atoms with Crippen molar-refractivity contribution in [2.24, 2.45) is 5.92 Å². The fourth-order valence-electron chi connectivity index (χ4n) is 4.38. The average Bonchev–Trinajstić information content (AvgIpc) is 3.54. The Hall–Kier alpha value is -4.54. The maximum atomic E-state index is 14.7. The molecule has 0 bridgehead atoms. The molecule has 0 radical (unpaired) electrons. The van der Waals surface area contributed by atoms with Gasteiger partial charge < -0.3 is 5.32 Å². The summed E-state index contributed by atoms with van der Waals surface area (Å²) >= 11 is 0. The number of fused-ring (bicyclic) bond motifs is 1. The number of halogens is 4. The lowest BCUT2D eigenvalue weighted by Crippen LogP contribution is -2.41. The van der Waals surface area contributed by atoms with Crippen LogP contribution in [-0.2, 0) is 0 Å². The molecule has 1 aliphatic rings. The Bertz CT molecular complexity index is 1640. The van der Waals surface area contributed by atoms with Crippen molar-refractivity contribution in [3.8, 4) is 22.5 Å². The summed E-state index contributed by atoms with van der Waals surface area (Å²) < 4.78 is 56.9. The second kappa shape index (κ2) is 8.54. The van der Waals surface area contributed by atoms with Crippen molar-refractivity contribution in [1.29, 1.82) is 0 Å². The van der Waals surface area contributed by atoms with Gasteiger partial charge in [-0.25, -0.2) is 27.5 Å². The first-order valence-electron chi connectivity index (χ1n) is 11.4. The number of rotatable bonds is 5. The molecule has 0 amide bonds. The Morgan fingerprint density at radius 1 is 0.973 bits per heavy atom. The van der Waals surface area contributed by atoms with Gasteiger partial charge in [-0.15, -0.1) is 0 Å².